The lowest BCUT2D eigenvalue weighted by molar-refractivity contribution is -0.387. The van der Waals surface area contributed by atoms with Crippen LogP contribution in [-0.4, -0.2) is 52.1 Å². The number of rotatable bonds is 6. The van der Waals surface area contributed by atoms with Crippen molar-refractivity contribution < 1.29 is 23.6 Å². The van der Waals surface area contributed by atoms with E-state index < -0.39 is 28.2 Å². The van der Waals surface area contributed by atoms with Gasteiger partial charge in [-0.3, -0.25) is 24.4 Å². The van der Waals surface area contributed by atoms with Gasteiger partial charge in [-0.2, -0.15) is 4.39 Å². The molecule has 0 radical (unpaired) electrons. The number of aromatic nitrogens is 2. The molecule has 0 saturated heterocycles. The third-order valence-electron chi connectivity index (χ3n) is 3.37. The van der Waals surface area contributed by atoms with E-state index in [0.29, 0.717) is 0 Å². The van der Waals surface area contributed by atoms with Crippen LogP contribution in [0.5, 0.6) is 5.88 Å². The van der Waals surface area contributed by atoms with Crippen molar-refractivity contribution >= 4 is 23.2 Å². The summed E-state index contributed by atoms with van der Waals surface area (Å²) < 4.78 is 19.7. The minimum Gasteiger partial charge on any atom is -0.479 e. The quantitative estimate of drug-likeness (QED) is 0.606. The van der Waals surface area contributed by atoms with Crippen LogP contribution >= 0.6 is 0 Å². The Morgan fingerprint density at radius 1 is 1.46 bits per heavy atom. The number of hydrogen-bond donors (Lipinski definition) is 1. The second-order valence-electron chi connectivity index (χ2n) is 5.36. The van der Waals surface area contributed by atoms with Gasteiger partial charge in [0, 0.05) is 32.0 Å². The summed E-state index contributed by atoms with van der Waals surface area (Å²) in [6, 6.07) is 2.97. The number of nitrogens with zero attached hydrogens (tertiary/aromatic N) is 4. The maximum absolute atomic E-state index is 13.3. The lowest BCUT2D eigenvalue weighted by Gasteiger charge is -2.16. The number of nitro benzene ring substituents is 1. The van der Waals surface area contributed by atoms with Crippen LogP contribution in [0.15, 0.2) is 24.4 Å². The lowest BCUT2D eigenvalue weighted by Crippen LogP contribution is -2.35. The predicted octanol–water partition coefficient (Wildman–Crippen LogP) is 1.19. The largest absolute Gasteiger partial charge is 0.479 e. The maximum Gasteiger partial charge on any atom is 0.306 e. The number of amides is 2. The monoisotopic (exact) mass is 365 g/mol. The molecule has 0 saturated carbocycles. The van der Waals surface area contributed by atoms with Gasteiger partial charge >= 0.3 is 5.69 Å². The fraction of sp³-hybridized carbons (Fsp3) is 0.267. The average Bonchev–Trinajstić information content (AvgIpc) is 2.96. The highest BCUT2D eigenvalue weighted by Crippen LogP contribution is 2.21. The molecule has 1 aromatic heterocycles. The molecule has 0 spiro atoms. The number of nitrogens with one attached hydrogen (secondary N) is 1. The van der Waals surface area contributed by atoms with Crippen LogP contribution in [0.2, 0.25) is 0 Å². The topological polar surface area (TPSA) is 120 Å². The van der Waals surface area contributed by atoms with E-state index in [1.54, 1.807) is 7.05 Å². The molecule has 0 aliphatic carbocycles. The smallest absolute Gasteiger partial charge is 0.306 e. The fourth-order valence-electron chi connectivity index (χ4n) is 2.19. The molecule has 11 heteroatoms. The van der Waals surface area contributed by atoms with Gasteiger partial charge in [-0.25, -0.2) is 0 Å². The maximum atomic E-state index is 13.3. The molecule has 0 bridgehead atoms. The van der Waals surface area contributed by atoms with Crippen LogP contribution in [0.4, 0.5) is 15.8 Å². The van der Waals surface area contributed by atoms with Gasteiger partial charge in [0.05, 0.1) is 18.6 Å². The Balaban J connectivity index is 2.06. The first-order chi connectivity index (χ1) is 12.2. The normalized spacial score (nSPS) is 10.3. The summed E-state index contributed by atoms with van der Waals surface area (Å²) in [6.07, 6.45) is 1.46. The van der Waals surface area contributed by atoms with E-state index in [4.69, 9.17) is 4.74 Å². The molecule has 2 rings (SSSR count). The number of methoxy groups -OCH3 is 1. The molecule has 138 valence electrons. The molecule has 2 aromatic rings. The number of halogens is 1. The summed E-state index contributed by atoms with van der Waals surface area (Å²) in [5.74, 6) is -1.98. The van der Waals surface area contributed by atoms with Crippen molar-refractivity contribution in [2.24, 2.45) is 7.05 Å². The van der Waals surface area contributed by atoms with Crippen molar-refractivity contribution in [1.29, 1.82) is 0 Å². The van der Waals surface area contributed by atoms with Crippen molar-refractivity contribution in [3.8, 4) is 5.88 Å². The van der Waals surface area contributed by atoms with E-state index in [0.717, 1.165) is 17.0 Å². The van der Waals surface area contributed by atoms with Crippen LogP contribution in [0.3, 0.4) is 0 Å². The molecule has 0 fully saturated rings. The Labute approximate surface area is 147 Å². The Hall–Kier alpha value is -3.50. The first-order valence-corrected chi connectivity index (χ1v) is 7.29. The second-order valence-corrected chi connectivity index (χ2v) is 5.36. The van der Waals surface area contributed by atoms with Gasteiger partial charge in [0.2, 0.25) is 17.6 Å². The Bertz CT molecular complexity index is 866. The molecular formula is C15H16FN5O5. The second kappa shape index (κ2) is 7.59. The molecule has 0 aliphatic rings. The number of carbonyl (C=O) groups is 2. The van der Waals surface area contributed by atoms with E-state index >= 15 is 0 Å². The van der Waals surface area contributed by atoms with Gasteiger partial charge < -0.3 is 15.0 Å². The zero-order valence-corrected chi connectivity index (χ0v) is 14.2. The predicted molar refractivity (Wildman–Crippen MR) is 88.4 cm³/mol. The standard InChI is InChI=1S/C15H16FN5O5/c1-19(15(23)10-7-20(2)18-14(10)26-3)8-13(22)17-9-4-5-11(16)12(6-9)21(24)25/h4-7H,8H2,1-3H3,(H,17,22). The van der Waals surface area contributed by atoms with Crippen LogP contribution < -0.4 is 10.1 Å². The van der Waals surface area contributed by atoms with Crippen LogP contribution in [0.1, 0.15) is 10.4 Å². The van der Waals surface area contributed by atoms with Crippen molar-refractivity contribution in [3.63, 3.8) is 0 Å². The van der Waals surface area contributed by atoms with Crippen molar-refractivity contribution in [2.45, 2.75) is 0 Å². The third-order valence-corrected chi connectivity index (χ3v) is 3.37. The summed E-state index contributed by atoms with van der Waals surface area (Å²) >= 11 is 0. The molecule has 1 heterocycles. The van der Waals surface area contributed by atoms with E-state index in [2.05, 4.69) is 10.4 Å². The highest BCUT2D eigenvalue weighted by molar-refractivity contribution is 6.00. The van der Waals surface area contributed by atoms with Gasteiger partial charge in [-0.15, -0.1) is 5.10 Å². The SMILES string of the molecule is COc1nn(C)cc1C(=O)N(C)CC(=O)Nc1ccc(F)c([N+](=O)[O-])c1. The molecule has 0 atom stereocenters. The van der Waals surface area contributed by atoms with Crippen LogP contribution in [0.25, 0.3) is 0 Å². The summed E-state index contributed by atoms with van der Waals surface area (Å²) in [7, 11) is 4.39. The first kappa shape index (κ1) is 18.8. The fourth-order valence-corrected chi connectivity index (χ4v) is 2.19. The minimum atomic E-state index is -1.01. The molecule has 0 aliphatic heterocycles. The van der Waals surface area contributed by atoms with E-state index in [9.17, 15) is 24.1 Å². The number of benzene rings is 1. The van der Waals surface area contributed by atoms with Gasteiger partial charge in [-0.1, -0.05) is 0 Å². The zero-order valence-electron chi connectivity index (χ0n) is 14.2. The number of aryl methyl sites for hydroxylation is 1. The summed E-state index contributed by atoms with van der Waals surface area (Å²) in [6.45, 7) is -0.331. The van der Waals surface area contributed by atoms with Gasteiger partial charge in [-0.05, 0) is 12.1 Å². The van der Waals surface area contributed by atoms with E-state index in [-0.39, 0.29) is 23.7 Å². The molecule has 1 N–H and O–H groups in total. The summed E-state index contributed by atoms with van der Waals surface area (Å²) in [5.41, 5.74) is -0.530. The Morgan fingerprint density at radius 3 is 2.77 bits per heavy atom. The Morgan fingerprint density at radius 2 is 2.15 bits per heavy atom. The summed E-state index contributed by atoms with van der Waals surface area (Å²) in [4.78, 5) is 35.4. The molecule has 10 nitrogen and oxygen atoms in total. The molecule has 26 heavy (non-hydrogen) atoms. The van der Waals surface area contributed by atoms with Crippen molar-refractivity contribution in [3.05, 3.63) is 45.9 Å². The molecule has 1 aromatic carbocycles. The number of likely N-dealkylation sites (N-methyl/N-ethyl adjacent to an activating group) is 1. The molecule has 0 unspecified atom stereocenters. The van der Waals surface area contributed by atoms with Crippen molar-refractivity contribution in [1.82, 2.24) is 14.7 Å². The molecular weight excluding hydrogens is 349 g/mol. The van der Waals surface area contributed by atoms with E-state index in [1.807, 2.05) is 0 Å². The lowest BCUT2D eigenvalue weighted by atomic mass is 10.2. The van der Waals surface area contributed by atoms with Crippen LogP contribution in [-0.2, 0) is 11.8 Å². The zero-order chi connectivity index (χ0) is 19.4. The van der Waals surface area contributed by atoms with Gasteiger partial charge in [0.25, 0.3) is 5.91 Å². The highest BCUT2D eigenvalue weighted by atomic mass is 19.1. The number of nitro groups is 1. The van der Waals surface area contributed by atoms with Gasteiger partial charge in [0.1, 0.15) is 5.56 Å². The molecule has 2 amide bonds. The number of hydrogen-bond acceptors (Lipinski definition) is 6. The first-order valence-electron chi connectivity index (χ1n) is 7.29. The number of carbonyl (C=O) groups excluding carboxylic acids is 2. The highest BCUT2D eigenvalue weighted by Gasteiger charge is 2.22. The minimum absolute atomic E-state index is 0.0444. The number of ether oxygens (including phenoxy) is 1. The average molecular weight is 365 g/mol. The summed E-state index contributed by atoms with van der Waals surface area (Å²) in [5, 5.41) is 17.1. The van der Waals surface area contributed by atoms with Crippen molar-refractivity contribution in [2.75, 3.05) is 26.0 Å². The Kier molecular flexibility index (Phi) is 5.50. The van der Waals surface area contributed by atoms with Gasteiger partial charge in [0.15, 0.2) is 0 Å². The van der Waals surface area contributed by atoms with E-state index in [1.165, 1.54) is 31.1 Å². The number of anilines is 1. The third kappa shape index (κ3) is 4.12. The van der Waals surface area contributed by atoms with Crippen LogP contribution in [0, 0.1) is 15.9 Å².